The van der Waals surface area contributed by atoms with Crippen molar-refractivity contribution in [1.29, 1.82) is 0 Å². The molecule has 24 heavy (non-hydrogen) atoms. The lowest BCUT2D eigenvalue weighted by atomic mass is 10.1. The maximum Gasteiger partial charge on any atom is 0.406 e. The molecular weight excluding hydrogens is 343 g/mol. The van der Waals surface area contributed by atoms with Crippen LogP contribution in [0.25, 0.3) is 0 Å². The molecule has 0 fully saturated rings. The number of halogens is 3. The molecule has 1 aromatic heterocycles. The number of hydrogen-bond donors (Lipinski definition) is 0. The van der Waals surface area contributed by atoms with E-state index in [-0.39, 0.29) is 23.6 Å². The van der Waals surface area contributed by atoms with Crippen LogP contribution in [-0.4, -0.2) is 37.7 Å². The first-order chi connectivity index (χ1) is 11.4. The first kappa shape index (κ1) is 18.1. The second-order valence-electron chi connectivity index (χ2n) is 4.95. The summed E-state index contributed by atoms with van der Waals surface area (Å²) in [6.07, 6.45) is -4.51. The summed E-state index contributed by atoms with van der Waals surface area (Å²) in [5.41, 5.74) is 0.605. The summed E-state index contributed by atoms with van der Waals surface area (Å²) in [4.78, 5) is 13.5. The molecule has 1 amide bonds. The molecule has 1 aromatic carbocycles. The van der Waals surface area contributed by atoms with Crippen molar-refractivity contribution in [3.63, 3.8) is 0 Å². The minimum absolute atomic E-state index is 0.0259. The van der Waals surface area contributed by atoms with Crippen molar-refractivity contribution in [3.05, 3.63) is 46.2 Å². The van der Waals surface area contributed by atoms with E-state index in [1.165, 1.54) is 37.7 Å². The molecule has 0 aliphatic rings. The number of alkyl halides is 3. The van der Waals surface area contributed by atoms with Gasteiger partial charge in [-0.3, -0.25) is 4.79 Å². The van der Waals surface area contributed by atoms with E-state index in [1.54, 1.807) is 22.9 Å². The largest absolute Gasteiger partial charge is 0.496 e. The Morgan fingerprint density at radius 3 is 2.25 bits per heavy atom. The number of benzene rings is 1. The Hall–Kier alpha value is -2.22. The molecule has 2 aromatic rings. The molecule has 0 radical (unpaired) electrons. The SMILES string of the molecule is COc1cccc(OC)c1C(=O)N(Cc1ccsc1)CC(F)(F)F. The van der Waals surface area contributed by atoms with E-state index in [0.29, 0.717) is 5.56 Å². The van der Waals surface area contributed by atoms with Gasteiger partial charge in [-0.1, -0.05) is 6.07 Å². The molecule has 2 rings (SSSR count). The number of carbonyl (C=O) groups is 1. The van der Waals surface area contributed by atoms with Gasteiger partial charge in [-0.15, -0.1) is 0 Å². The normalized spacial score (nSPS) is 11.2. The third kappa shape index (κ3) is 4.41. The summed E-state index contributed by atoms with van der Waals surface area (Å²) in [6.45, 7) is -1.51. The first-order valence-electron chi connectivity index (χ1n) is 6.94. The number of methoxy groups -OCH3 is 2. The van der Waals surface area contributed by atoms with Gasteiger partial charge in [0.25, 0.3) is 5.91 Å². The Balaban J connectivity index is 2.40. The van der Waals surface area contributed by atoms with Gasteiger partial charge in [-0.25, -0.2) is 0 Å². The lowest BCUT2D eigenvalue weighted by molar-refractivity contribution is -0.141. The highest BCUT2D eigenvalue weighted by Crippen LogP contribution is 2.31. The van der Waals surface area contributed by atoms with Gasteiger partial charge in [0.15, 0.2) is 0 Å². The molecule has 0 saturated carbocycles. The highest BCUT2D eigenvalue weighted by Gasteiger charge is 2.35. The second-order valence-corrected chi connectivity index (χ2v) is 5.73. The highest BCUT2D eigenvalue weighted by molar-refractivity contribution is 7.07. The maximum atomic E-state index is 12.9. The van der Waals surface area contributed by atoms with E-state index in [2.05, 4.69) is 0 Å². The quantitative estimate of drug-likeness (QED) is 0.783. The van der Waals surface area contributed by atoms with Crippen LogP contribution in [0.5, 0.6) is 11.5 Å². The Morgan fingerprint density at radius 1 is 1.17 bits per heavy atom. The van der Waals surface area contributed by atoms with Crippen LogP contribution in [0.1, 0.15) is 15.9 Å². The van der Waals surface area contributed by atoms with E-state index < -0.39 is 18.6 Å². The average Bonchev–Trinajstić information content (AvgIpc) is 3.04. The minimum Gasteiger partial charge on any atom is -0.496 e. The van der Waals surface area contributed by atoms with Crippen LogP contribution in [0, 0.1) is 0 Å². The van der Waals surface area contributed by atoms with Gasteiger partial charge < -0.3 is 14.4 Å². The lowest BCUT2D eigenvalue weighted by Crippen LogP contribution is -2.38. The molecular formula is C16H16F3NO3S. The molecule has 1 heterocycles. The van der Waals surface area contributed by atoms with Crippen LogP contribution in [0.4, 0.5) is 13.2 Å². The van der Waals surface area contributed by atoms with E-state index in [4.69, 9.17) is 9.47 Å². The molecule has 8 heteroatoms. The minimum atomic E-state index is -4.51. The number of hydrogen-bond acceptors (Lipinski definition) is 4. The fraction of sp³-hybridized carbons (Fsp3) is 0.312. The summed E-state index contributed by atoms with van der Waals surface area (Å²) >= 11 is 1.35. The lowest BCUT2D eigenvalue weighted by Gasteiger charge is -2.25. The van der Waals surface area contributed by atoms with E-state index in [0.717, 1.165) is 4.90 Å². The molecule has 0 aliphatic carbocycles. The number of carbonyl (C=O) groups excluding carboxylic acids is 1. The van der Waals surface area contributed by atoms with E-state index in [9.17, 15) is 18.0 Å². The topological polar surface area (TPSA) is 38.8 Å². The smallest absolute Gasteiger partial charge is 0.406 e. The zero-order valence-corrected chi connectivity index (χ0v) is 13.9. The molecule has 4 nitrogen and oxygen atoms in total. The first-order valence-corrected chi connectivity index (χ1v) is 7.88. The van der Waals surface area contributed by atoms with Crippen LogP contribution < -0.4 is 9.47 Å². The molecule has 0 atom stereocenters. The third-order valence-electron chi connectivity index (χ3n) is 3.25. The monoisotopic (exact) mass is 359 g/mol. The van der Waals surface area contributed by atoms with Crippen LogP contribution in [0.2, 0.25) is 0 Å². The Kier molecular flexibility index (Phi) is 5.71. The van der Waals surface area contributed by atoms with Crippen LogP contribution in [0.3, 0.4) is 0 Å². The summed E-state index contributed by atoms with van der Waals surface area (Å²) < 4.78 is 49.0. The van der Waals surface area contributed by atoms with Gasteiger partial charge in [0.2, 0.25) is 0 Å². The zero-order chi connectivity index (χ0) is 17.7. The zero-order valence-electron chi connectivity index (χ0n) is 13.1. The summed E-state index contributed by atoms with van der Waals surface area (Å²) in [6, 6.07) is 6.29. The number of amides is 1. The number of thiophene rings is 1. The molecule has 130 valence electrons. The van der Waals surface area contributed by atoms with Gasteiger partial charge in [0.05, 0.1) is 14.2 Å². The number of nitrogens with zero attached hydrogens (tertiary/aromatic N) is 1. The molecule has 0 aliphatic heterocycles. The van der Waals surface area contributed by atoms with Crippen molar-refractivity contribution < 1.29 is 27.4 Å². The predicted octanol–water partition coefficient (Wildman–Crippen LogP) is 3.97. The Morgan fingerprint density at radius 2 is 1.79 bits per heavy atom. The third-order valence-corrected chi connectivity index (χ3v) is 3.98. The molecule has 0 unspecified atom stereocenters. The second kappa shape index (κ2) is 7.57. The van der Waals surface area contributed by atoms with Gasteiger partial charge in [0, 0.05) is 6.54 Å². The molecule has 0 bridgehead atoms. The van der Waals surface area contributed by atoms with Crippen LogP contribution in [0.15, 0.2) is 35.0 Å². The average molecular weight is 359 g/mol. The number of rotatable bonds is 6. The fourth-order valence-corrected chi connectivity index (χ4v) is 2.90. The van der Waals surface area contributed by atoms with Gasteiger partial charge in [-0.2, -0.15) is 24.5 Å². The molecule has 0 spiro atoms. The summed E-state index contributed by atoms with van der Waals surface area (Å²) in [5.74, 6) is -0.471. The summed E-state index contributed by atoms with van der Waals surface area (Å²) in [7, 11) is 2.69. The standard InChI is InChI=1S/C16H16F3NO3S/c1-22-12-4-3-5-13(23-2)14(12)15(21)20(10-16(17,18)19)8-11-6-7-24-9-11/h3-7,9H,8,10H2,1-2H3. The van der Waals surface area contributed by atoms with Crippen molar-refractivity contribution in [3.8, 4) is 11.5 Å². The van der Waals surface area contributed by atoms with Crippen molar-refractivity contribution >= 4 is 17.2 Å². The predicted molar refractivity (Wildman–Crippen MR) is 84.7 cm³/mol. The van der Waals surface area contributed by atoms with Crippen molar-refractivity contribution in [2.45, 2.75) is 12.7 Å². The maximum absolute atomic E-state index is 12.9. The van der Waals surface area contributed by atoms with Crippen molar-refractivity contribution in [2.24, 2.45) is 0 Å². The number of ether oxygens (including phenoxy) is 2. The fourth-order valence-electron chi connectivity index (χ4n) is 2.24. The molecule has 0 N–H and O–H groups in total. The van der Waals surface area contributed by atoms with Gasteiger partial charge in [0.1, 0.15) is 23.6 Å². The van der Waals surface area contributed by atoms with E-state index >= 15 is 0 Å². The van der Waals surface area contributed by atoms with Crippen LogP contribution in [-0.2, 0) is 6.54 Å². The van der Waals surface area contributed by atoms with Crippen LogP contribution >= 0.6 is 11.3 Å². The van der Waals surface area contributed by atoms with Crippen molar-refractivity contribution in [2.75, 3.05) is 20.8 Å². The summed E-state index contributed by atoms with van der Waals surface area (Å²) in [5, 5.41) is 3.45. The Labute approximate surface area is 141 Å². The van der Waals surface area contributed by atoms with Gasteiger partial charge in [-0.05, 0) is 34.5 Å². The van der Waals surface area contributed by atoms with E-state index in [1.807, 2.05) is 0 Å². The highest BCUT2D eigenvalue weighted by atomic mass is 32.1. The van der Waals surface area contributed by atoms with Crippen molar-refractivity contribution in [1.82, 2.24) is 4.90 Å². The Bertz CT molecular complexity index is 664. The van der Waals surface area contributed by atoms with Gasteiger partial charge >= 0.3 is 6.18 Å². The molecule has 0 saturated heterocycles.